The molecule has 2 aliphatic rings. The van der Waals surface area contributed by atoms with E-state index >= 15 is 0 Å². The maximum Gasteiger partial charge on any atom is 0.132 e. The van der Waals surface area contributed by atoms with Gasteiger partial charge in [-0.05, 0) is 43.9 Å². The van der Waals surface area contributed by atoms with Gasteiger partial charge in [0.15, 0.2) is 0 Å². The van der Waals surface area contributed by atoms with E-state index in [-0.39, 0.29) is 0 Å². The van der Waals surface area contributed by atoms with Crippen molar-refractivity contribution < 1.29 is 0 Å². The van der Waals surface area contributed by atoms with Crippen molar-refractivity contribution in [3.63, 3.8) is 0 Å². The summed E-state index contributed by atoms with van der Waals surface area (Å²) in [6.45, 7) is 3.44. The highest BCUT2D eigenvalue weighted by Gasteiger charge is 2.31. The SMILES string of the molecule is CC1(CNc2ncnc3c2CCCC3)CCC1. The Kier molecular flexibility index (Phi) is 2.77. The van der Waals surface area contributed by atoms with E-state index in [9.17, 15) is 0 Å². The van der Waals surface area contributed by atoms with Gasteiger partial charge in [-0.3, -0.25) is 0 Å². The third-order valence-electron chi connectivity index (χ3n) is 4.37. The van der Waals surface area contributed by atoms with Crippen LogP contribution in [0, 0.1) is 5.41 Å². The van der Waals surface area contributed by atoms with E-state index < -0.39 is 0 Å². The molecule has 1 N–H and O–H groups in total. The highest BCUT2D eigenvalue weighted by atomic mass is 15.0. The molecule has 0 spiro atoms. The van der Waals surface area contributed by atoms with Crippen molar-refractivity contribution in [3.05, 3.63) is 17.6 Å². The number of hydrogen-bond acceptors (Lipinski definition) is 3. The molecule has 0 aliphatic heterocycles. The Labute approximate surface area is 103 Å². The number of aromatic nitrogens is 2. The fourth-order valence-corrected chi connectivity index (χ4v) is 2.93. The molecule has 0 aromatic carbocycles. The third kappa shape index (κ3) is 2.15. The fourth-order valence-electron chi connectivity index (χ4n) is 2.93. The average Bonchev–Trinajstić information content (AvgIpc) is 2.34. The minimum atomic E-state index is 0.506. The molecule has 0 atom stereocenters. The summed E-state index contributed by atoms with van der Waals surface area (Å²) in [5, 5.41) is 3.56. The van der Waals surface area contributed by atoms with E-state index in [1.165, 1.54) is 43.4 Å². The van der Waals surface area contributed by atoms with Crippen LogP contribution in [0.5, 0.6) is 0 Å². The molecule has 0 saturated heterocycles. The van der Waals surface area contributed by atoms with E-state index in [4.69, 9.17) is 0 Å². The monoisotopic (exact) mass is 231 g/mol. The van der Waals surface area contributed by atoms with Crippen LogP contribution >= 0.6 is 0 Å². The molecule has 1 saturated carbocycles. The van der Waals surface area contributed by atoms with Crippen LogP contribution in [-0.4, -0.2) is 16.5 Å². The van der Waals surface area contributed by atoms with Gasteiger partial charge in [0.2, 0.25) is 0 Å². The summed E-state index contributed by atoms with van der Waals surface area (Å²) in [7, 11) is 0. The largest absolute Gasteiger partial charge is 0.369 e. The lowest BCUT2D eigenvalue weighted by Crippen LogP contribution is -2.33. The van der Waals surface area contributed by atoms with Gasteiger partial charge >= 0.3 is 0 Å². The van der Waals surface area contributed by atoms with Gasteiger partial charge in [0.1, 0.15) is 12.1 Å². The Morgan fingerprint density at radius 2 is 2.00 bits per heavy atom. The highest BCUT2D eigenvalue weighted by molar-refractivity contribution is 5.47. The predicted molar refractivity (Wildman–Crippen MR) is 69.1 cm³/mol. The first-order chi connectivity index (χ1) is 8.27. The number of rotatable bonds is 3. The summed E-state index contributed by atoms with van der Waals surface area (Å²) in [5.74, 6) is 1.10. The summed E-state index contributed by atoms with van der Waals surface area (Å²) < 4.78 is 0. The molecule has 0 bridgehead atoms. The number of nitrogens with one attached hydrogen (secondary N) is 1. The summed E-state index contributed by atoms with van der Waals surface area (Å²) >= 11 is 0. The van der Waals surface area contributed by atoms with Crippen LogP contribution in [0.2, 0.25) is 0 Å². The number of fused-ring (bicyclic) bond motifs is 1. The van der Waals surface area contributed by atoms with Crippen LogP contribution in [0.15, 0.2) is 6.33 Å². The van der Waals surface area contributed by atoms with Crippen LogP contribution in [0.1, 0.15) is 50.3 Å². The predicted octanol–water partition coefficient (Wildman–Crippen LogP) is 2.96. The molecule has 1 aromatic rings. The van der Waals surface area contributed by atoms with E-state index in [0.29, 0.717) is 5.41 Å². The summed E-state index contributed by atoms with van der Waals surface area (Å²) in [6.07, 6.45) is 10.7. The van der Waals surface area contributed by atoms with Gasteiger partial charge in [-0.15, -0.1) is 0 Å². The van der Waals surface area contributed by atoms with E-state index in [1.807, 2.05) is 0 Å². The molecule has 2 aliphatic carbocycles. The van der Waals surface area contributed by atoms with E-state index in [0.717, 1.165) is 25.2 Å². The number of anilines is 1. The van der Waals surface area contributed by atoms with Gasteiger partial charge in [0.05, 0.1) is 0 Å². The van der Waals surface area contributed by atoms with Crippen molar-refractivity contribution in [1.82, 2.24) is 9.97 Å². The molecule has 1 fully saturated rings. The fraction of sp³-hybridized carbons (Fsp3) is 0.714. The zero-order valence-corrected chi connectivity index (χ0v) is 10.6. The Hall–Kier alpha value is -1.12. The Balaban J connectivity index is 1.74. The molecule has 17 heavy (non-hydrogen) atoms. The highest BCUT2D eigenvalue weighted by Crippen LogP contribution is 2.40. The first-order valence-electron chi connectivity index (χ1n) is 6.83. The van der Waals surface area contributed by atoms with Crippen LogP contribution in [-0.2, 0) is 12.8 Å². The van der Waals surface area contributed by atoms with Crippen molar-refractivity contribution >= 4 is 5.82 Å². The van der Waals surface area contributed by atoms with Crippen molar-refractivity contribution in [1.29, 1.82) is 0 Å². The second kappa shape index (κ2) is 4.28. The molecule has 0 unspecified atom stereocenters. The van der Waals surface area contributed by atoms with Gasteiger partial charge in [-0.25, -0.2) is 9.97 Å². The zero-order valence-electron chi connectivity index (χ0n) is 10.6. The number of aryl methyl sites for hydroxylation is 1. The summed E-state index contributed by atoms with van der Waals surface area (Å²) in [6, 6.07) is 0. The topological polar surface area (TPSA) is 37.8 Å². The maximum absolute atomic E-state index is 4.43. The van der Waals surface area contributed by atoms with Crippen molar-refractivity contribution in [2.75, 3.05) is 11.9 Å². The van der Waals surface area contributed by atoms with Gasteiger partial charge in [-0.2, -0.15) is 0 Å². The average molecular weight is 231 g/mol. The number of nitrogens with zero attached hydrogens (tertiary/aromatic N) is 2. The zero-order chi connectivity index (χ0) is 11.7. The van der Waals surface area contributed by atoms with Gasteiger partial charge in [0.25, 0.3) is 0 Å². The third-order valence-corrected chi connectivity index (χ3v) is 4.37. The standard InChI is InChI=1S/C14H21N3/c1-14(7-4-8-14)9-15-13-11-5-2-3-6-12(11)16-10-17-13/h10H,2-9H2,1H3,(H,15,16,17). The first-order valence-corrected chi connectivity index (χ1v) is 6.83. The van der Waals surface area contributed by atoms with E-state index in [1.54, 1.807) is 6.33 Å². The molecule has 1 aromatic heterocycles. The lowest BCUT2D eigenvalue weighted by Gasteiger charge is -2.38. The summed E-state index contributed by atoms with van der Waals surface area (Å²) in [5.41, 5.74) is 3.15. The Morgan fingerprint density at radius 3 is 2.76 bits per heavy atom. The molecule has 3 nitrogen and oxygen atoms in total. The number of hydrogen-bond donors (Lipinski definition) is 1. The normalized spacial score (nSPS) is 21.5. The van der Waals surface area contributed by atoms with Crippen LogP contribution in [0.25, 0.3) is 0 Å². The molecule has 92 valence electrons. The molecule has 3 heteroatoms. The van der Waals surface area contributed by atoms with Gasteiger partial charge < -0.3 is 5.32 Å². The second-order valence-corrected chi connectivity index (χ2v) is 5.87. The molecular formula is C14H21N3. The molecule has 3 rings (SSSR count). The minimum absolute atomic E-state index is 0.506. The molecule has 1 heterocycles. The molecule has 0 amide bonds. The van der Waals surface area contributed by atoms with Crippen LogP contribution in [0.4, 0.5) is 5.82 Å². The van der Waals surface area contributed by atoms with Crippen molar-refractivity contribution in [2.45, 2.75) is 51.9 Å². The lowest BCUT2D eigenvalue weighted by atomic mass is 9.70. The van der Waals surface area contributed by atoms with Gasteiger partial charge in [-0.1, -0.05) is 13.3 Å². The van der Waals surface area contributed by atoms with Gasteiger partial charge in [0, 0.05) is 17.8 Å². The minimum Gasteiger partial charge on any atom is -0.369 e. The van der Waals surface area contributed by atoms with Crippen molar-refractivity contribution in [3.8, 4) is 0 Å². The Bertz CT molecular complexity index is 410. The molecule has 0 radical (unpaired) electrons. The second-order valence-electron chi connectivity index (χ2n) is 5.87. The maximum atomic E-state index is 4.43. The smallest absolute Gasteiger partial charge is 0.132 e. The van der Waals surface area contributed by atoms with Crippen molar-refractivity contribution in [2.24, 2.45) is 5.41 Å². The van der Waals surface area contributed by atoms with Crippen LogP contribution in [0.3, 0.4) is 0 Å². The Morgan fingerprint density at radius 1 is 1.18 bits per heavy atom. The van der Waals surface area contributed by atoms with Crippen LogP contribution < -0.4 is 5.32 Å². The molecular weight excluding hydrogens is 210 g/mol. The quantitative estimate of drug-likeness (QED) is 0.869. The first kappa shape index (κ1) is 11.0. The van der Waals surface area contributed by atoms with E-state index in [2.05, 4.69) is 22.2 Å². The lowest BCUT2D eigenvalue weighted by molar-refractivity contribution is 0.179. The summed E-state index contributed by atoms with van der Waals surface area (Å²) in [4.78, 5) is 8.84.